The maximum Gasteiger partial charge on any atom is 0.215 e. The molecule has 0 saturated carbocycles. The van der Waals surface area contributed by atoms with Crippen molar-refractivity contribution in [3.05, 3.63) is 76.8 Å². The molecule has 1 aromatic heterocycles. The molecule has 3 heterocycles. The molecule has 11 heteroatoms. The number of nitrogens with two attached hydrogens (primary N) is 1. The summed E-state index contributed by atoms with van der Waals surface area (Å²) in [5.41, 5.74) is 7.61. The number of rotatable bonds is 9. The smallest absolute Gasteiger partial charge is 0.215 e. The summed E-state index contributed by atoms with van der Waals surface area (Å²) in [5, 5.41) is 1.05. The SMILES string of the molecule is NCCN1CCN(c2ccc(OCC3COC(Cn4ccnc4)(c4ccc(Cl)cc4Cl)O3)cc2)CC1.O. The van der Waals surface area contributed by atoms with Gasteiger partial charge < -0.3 is 34.9 Å². The van der Waals surface area contributed by atoms with Crippen molar-refractivity contribution >= 4 is 28.9 Å². The summed E-state index contributed by atoms with van der Waals surface area (Å²) < 4.78 is 20.7. The maximum absolute atomic E-state index is 6.55. The standard InChI is InChI=1S/C26H31Cl2N5O3.H2O/c27-20-1-6-24(25(28)15-20)26(18-32-10-8-30-19-32)35-17-23(36-26)16-34-22-4-2-21(3-5-22)33-13-11-31(9-7-29)12-14-33;/h1-6,8,10,15,19,23H,7,9,11-14,16-18,29H2;1H2. The Kier molecular flexibility index (Phi) is 9.31. The summed E-state index contributed by atoms with van der Waals surface area (Å²) in [4.78, 5) is 8.93. The van der Waals surface area contributed by atoms with Gasteiger partial charge in [-0.3, -0.25) is 4.90 Å². The summed E-state index contributed by atoms with van der Waals surface area (Å²) in [6, 6.07) is 13.6. The molecule has 0 bridgehead atoms. The fraction of sp³-hybridized carbons (Fsp3) is 0.423. The van der Waals surface area contributed by atoms with Gasteiger partial charge in [-0.1, -0.05) is 29.3 Å². The Hall–Kier alpha value is -2.37. The number of nitrogens with zero attached hydrogens (tertiary/aromatic N) is 4. The van der Waals surface area contributed by atoms with Gasteiger partial charge in [0.15, 0.2) is 0 Å². The molecule has 2 fully saturated rings. The van der Waals surface area contributed by atoms with Crippen LogP contribution < -0.4 is 15.4 Å². The van der Waals surface area contributed by atoms with Crippen molar-refractivity contribution in [2.45, 2.75) is 18.4 Å². The number of ether oxygens (including phenoxy) is 3. The molecule has 2 atom stereocenters. The van der Waals surface area contributed by atoms with E-state index in [0.717, 1.165) is 44.0 Å². The molecule has 2 aliphatic heterocycles. The highest BCUT2D eigenvalue weighted by atomic mass is 35.5. The lowest BCUT2D eigenvalue weighted by Gasteiger charge is -2.36. The van der Waals surface area contributed by atoms with E-state index in [1.54, 1.807) is 24.7 Å². The van der Waals surface area contributed by atoms with E-state index in [1.807, 2.05) is 29.0 Å². The first kappa shape index (κ1) is 27.7. The molecule has 9 nitrogen and oxygen atoms in total. The van der Waals surface area contributed by atoms with Crippen molar-refractivity contribution in [3.63, 3.8) is 0 Å². The van der Waals surface area contributed by atoms with Gasteiger partial charge in [-0.2, -0.15) is 0 Å². The van der Waals surface area contributed by atoms with Crippen molar-refractivity contribution in [2.75, 3.05) is 57.4 Å². The third-order valence-electron chi connectivity index (χ3n) is 6.61. The van der Waals surface area contributed by atoms with Crippen LogP contribution >= 0.6 is 23.2 Å². The lowest BCUT2D eigenvalue weighted by Crippen LogP contribution is -2.47. The largest absolute Gasteiger partial charge is 0.491 e. The second-order valence-electron chi connectivity index (χ2n) is 9.09. The third kappa shape index (κ3) is 6.56. The van der Waals surface area contributed by atoms with E-state index in [4.69, 9.17) is 43.1 Å². The number of halogens is 2. The van der Waals surface area contributed by atoms with E-state index in [1.165, 1.54) is 5.69 Å². The van der Waals surface area contributed by atoms with E-state index < -0.39 is 5.79 Å². The van der Waals surface area contributed by atoms with Gasteiger partial charge in [-0.15, -0.1) is 0 Å². The molecule has 2 saturated heterocycles. The van der Waals surface area contributed by atoms with E-state index in [-0.39, 0.29) is 11.6 Å². The second kappa shape index (κ2) is 12.4. The molecular formula is C26H33Cl2N5O4. The number of anilines is 1. The number of hydrogen-bond donors (Lipinski definition) is 1. The minimum absolute atomic E-state index is 0. The number of aromatic nitrogens is 2. The average molecular weight is 550 g/mol. The molecule has 2 unspecified atom stereocenters. The topological polar surface area (TPSA) is 110 Å². The maximum atomic E-state index is 6.55. The molecule has 5 rings (SSSR count). The highest BCUT2D eigenvalue weighted by Crippen LogP contribution is 2.40. The number of piperazine rings is 1. The van der Waals surface area contributed by atoms with Crippen LogP contribution in [-0.4, -0.2) is 78.5 Å². The van der Waals surface area contributed by atoms with Gasteiger partial charge in [0.2, 0.25) is 5.79 Å². The molecule has 37 heavy (non-hydrogen) atoms. The summed E-state index contributed by atoms with van der Waals surface area (Å²) in [7, 11) is 0. The Morgan fingerprint density at radius 2 is 1.86 bits per heavy atom. The Labute approximate surface area is 226 Å². The van der Waals surface area contributed by atoms with Gasteiger partial charge in [0.25, 0.3) is 0 Å². The van der Waals surface area contributed by atoms with Crippen LogP contribution in [0.25, 0.3) is 0 Å². The first-order chi connectivity index (χ1) is 17.5. The van der Waals surface area contributed by atoms with Crippen molar-refractivity contribution in [1.29, 1.82) is 0 Å². The lowest BCUT2D eigenvalue weighted by molar-refractivity contribution is -0.189. The highest BCUT2D eigenvalue weighted by Gasteiger charge is 2.45. The van der Waals surface area contributed by atoms with Gasteiger partial charge >= 0.3 is 0 Å². The monoisotopic (exact) mass is 549 g/mol. The first-order valence-corrected chi connectivity index (χ1v) is 12.9. The Balaban J connectivity index is 0.00000320. The molecule has 2 aromatic carbocycles. The van der Waals surface area contributed by atoms with Gasteiger partial charge in [-0.25, -0.2) is 4.98 Å². The van der Waals surface area contributed by atoms with E-state index >= 15 is 0 Å². The Morgan fingerprint density at radius 1 is 1.08 bits per heavy atom. The molecule has 2 aliphatic rings. The molecule has 3 aromatic rings. The minimum Gasteiger partial charge on any atom is -0.491 e. The highest BCUT2D eigenvalue weighted by molar-refractivity contribution is 6.35. The van der Waals surface area contributed by atoms with Crippen LogP contribution in [0, 0.1) is 0 Å². The molecule has 200 valence electrons. The number of imidazole rings is 1. The summed E-state index contributed by atoms with van der Waals surface area (Å²) in [5.74, 6) is -0.271. The van der Waals surface area contributed by atoms with Crippen LogP contribution in [0.1, 0.15) is 5.56 Å². The van der Waals surface area contributed by atoms with Crippen LogP contribution in [0.15, 0.2) is 61.2 Å². The van der Waals surface area contributed by atoms with E-state index in [9.17, 15) is 0 Å². The quantitative estimate of drug-likeness (QED) is 0.437. The van der Waals surface area contributed by atoms with E-state index in [2.05, 4.69) is 26.9 Å². The number of hydrogen-bond acceptors (Lipinski definition) is 7. The van der Waals surface area contributed by atoms with Crippen molar-refractivity contribution in [1.82, 2.24) is 14.5 Å². The van der Waals surface area contributed by atoms with Crippen molar-refractivity contribution in [3.8, 4) is 5.75 Å². The average Bonchev–Trinajstić information content (AvgIpc) is 3.54. The van der Waals surface area contributed by atoms with Crippen LogP contribution in [0.5, 0.6) is 5.75 Å². The first-order valence-electron chi connectivity index (χ1n) is 12.2. The zero-order valence-corrected chi connectivity index (χ0v) is 22.1. The minimum atomic E-state index is -1.06. The van der Waals surface area contributed by atoms with Crippen LogP contribution in [0.4, 0.5) is 5.69 Å². The molecule has 0 amide bonds. The van der Waals surface area contributed by atoms with Gasteiger partial charge in [0.05, 0.1) is 24.5 Å². The van der Waals surface area contributed by atoms with Gasteiger partial charge in [0.1, 0.15) is 18.5 Å². The molecular weight excluding hydrogens is 517 g/mol. The molecule has 0 radical (unpaired) electrons. The van der Waals surface area contributed by atoms with Crippen LogP contribution in [0.2, 0.25) is 10.0 Å². The summed E-state index contributed by atoms with van der Waals surface area (Å²) in [6.45, 7) is 6.87. The van der Waals surface area contributed by atoms with Crippen molar-refractivity contribution in [2.24, 2.45) is 5.73 Å². The van der Waals surface area contributed by atoms with Crippen LogP contribution in [0.3, 0.4) is 0 Å². The normalized spacial score (nSPS) is 22.1. The molecule has 0 spiro atoms. The van der Waals surface area contributed by atoms with Gasteiger partial charge in [0, 0.05) is 67.9 Å². The third-order valence-corrected chi connectivity index (χ3v) is 7.15. The zero-order valence-electron chi connectivity index (χ0n) is 20.6. The lowest BCUT2D eigenvalue weighted by atomic mass is 10.1. The second-order valence-corrected chi connectivity index (χ2v) is 9.93. The summed E-state index contributed by atoms with van der Waals surface area (Å²) in [6.07, 6.45) is 5.04. The predicted molar refractivity (Wildman–Crippen MR) is 144 cm³/mol. The molecule has 4 N–H and O–H groups in total. The predicted octanol–water partition coefficient (Wildman–Crippen LogP) is 2.79. The van der Waals surface area contributed by atoms with E-state index in [0.29, 0.717) is 36.3 Å². The van der Waals surface area contributed by atoms with Crippen LogP contribution in [-0.2, 0) is 21.8 Å². The van der Waals surface area contributed by atoms with Gasteiger partial charge in [-0.05, 0) is 36.4 Å². The summed E-state index contributed by atoms with van der Waals surface area (Å²) >= 11 is 12.7. The zero-order chi connectivity index (χ0) is 25.0. The fourth-order valence-corrected chi connectivity index (χ4v) is 5.28. The Bertz CT molecular complexity index is 1130. The Morgan fingerprint density at radius 3 is 2.54 bits per heavy atom. The van der Waals surface area contributed by atoms with Crippen molar-refractivity contribution < 1.29 is 19.7 Å². The molecule has 0 aliphatic carbocycles. The fourth-order valence-electron chi connectivity index (χ4n) is 4.73. The number of benzene rings is 2.